The van der Waals surface area contributed by atoms with Gasteiger partial charge >= 0.3 is 0 Å². The molecule has 144 valence electrons. The summed E-state index contributed by atoms with van der Waals surface area (Å²) in [6, 6.07) is 17.8. The molecule has 0 spiro atoms. The van der Waals surface area contributed by atoms with Crippen LogP contribution in [0.15, 0.2) is 60.7 Å². The molecular weight excluding hydrogens is 397 g/mol. The van der Waals surface area contributed by atoms with E-state index in [0.717, 1.165) is 20.9 Å². The van der Waals surface area contributed by atoms with E-state index in [1.54, 1.807) is 24.1 Å². The number of amides is 1. The standard InChI is InChI=1S/C22H19ClFNO2S/c1-25-20(26)12-15(13-5-3-2-4-6-13)21(25)22(27)19-10-9-18(28-19)14-7-8-17(24)16(23)11-14/h2-11,15,21-22,27H,12H2,1H3/t15-,21-,22-/m1/s1. The number of rotatable bonds is 4. The van der Waals surface area contributed by atoms with Gasteiger partial charge in [-0.25, -0.2) is 4.39 Å². The molecule has 3 nitrogen and oxygen atoms in total. The minimum atomic E-state index is -0.809. The van der Waals surface area contributed by atoms with Crippen LogP contribution in [0.3, 0.4) is 0 Å². The molecule has 3 aromatic rings. The van der Waals surface area contributed by atoms with E-state index in [0.29, 0.717) is 6.42 Å². The molecule has 2 aromatic carbocycles. The quantitative estimate of drug-likeness (QED) is 0.631. The van der Waals surface area contributed by atoms with Crippen molar-refractivity contribution in [2.24, 2.45) is 0 Å². The zero-order valence-corrected chi connectivity index (χ0v) is 16.8. The van der Waals surface area contributed by atoms with Crippen LogP contribution in [-0.2, 0) is 4.79 Å². The van der Waals surface area contributed by atoms with E-state index < -0.39 is 11.9 Å². The Labute approximate surface area is 172 Å². The Bertz CT molecular complexity index is 1010. The summed E-state index contributed by atoms with van der Waals surface area (Å²) in [4.78, 5) is 15.7. The SMILES string of the molecule is CN1C(=O)C[C@H](c2ccccc2)[C@@H]1[C@H](O)c1ccc(-c2ccc(F)c(Cl)c2)s1. The Morgan fingerprint density at radius 2 is 1.93 bits per heavy atom. The molecule has 6 heteroatoms. The molecule has 1 aliphatic rings. The summed E-state index contributed by atoms with van der Waals surface area (Å²) in [6.07, 6.45) is -0.426. The third-order valence-electron chi connectivity index (χ3n) is 5.32. The number of aliphatic hydroxyl groups excluding tert-OH is 1. The number of likely N-dealkylation sites (N-methyl/N-ethyl adjacent to an activating group) is 1. The van der Waals surface area contributed by atoms with Crippen molar-refractivity contribution >= 4 is 28.8 Å². The molecule has 0 aliphatic carbocycles. The number of aliphatic hydroxyl groups is 1. The summed E-state index contributed by atoms with van der Waals surface area (Å²) >= 11 is 7.32. The van der Waals surface area contributed by atoms with Crippen LogP contribution in [0.2, 0.25) is 5.02 Å². The maximum Gasteiger partial charge on any atom is 0.223 e. The average molecular weight is 416 g/mol. The van der Waals surface area contributed by atoms with Gasteiger partial charge in [0.2, 0.25) is 5.91 Å². The van der Waals surface area contributed by atoms with Crippen molar-refractivity contribution in [3.05, 3.63) is 81.9 Å². The Morgan fingerprint density at radius 3 is 2.64 bits per heavy atom. The molecule has 1 N–H and O–H groups in total. The predicted molar refractivity (Wildman–Crippen MR) is 110 cm³/mol. The second kappa shape index (κ2) is 7.66. The summed E-state index contributed by atoms with van der Waals surface area (Å²) < 4.78 is 13.4. The third kappa shape index (κ3) is 3.46. The lowest BCUT2D eigenvalue weighted by molar-refractivity contribution is -0.128. The Kier molecular flexibility index (Phi) is 5.23. The van der Waals surface area contributed by atoms with Crippen molar-refractivity contribution in [1.29, 1.82) is 0 Å². The fourth-order valence-corrected chi connectivity index (χ4v) is 5.03. The van der Waals surface area contributed by atoms with Crippen LogP contribution in [-0.4, -0.2) is 29.0 Å². The number of carbonyl (C=O) groups is 1. The molecule has 1 fully saturated rings. The molecule has 1 aliphatic heterocycles. The summed E-state index contributed by atoms with van der Waals surface area (Å²) in [5, 5.41) is 11.2. The van der Waals surface area contributed by atoms with Crippen LogP contribution in [0.1, 0.15) is 28.9 Å². The molecule has 2 heterocycles. The van der Waals surface area contributed by atoms with Gasteiger partial charge in [-0.15, -0.1) is 11.3 Å². The van der Waals surface area contributed by atoms with Gasteiger partial charge in [0, 0.05) is 29.1 Å². The summed E-state index contributed by atoms with van der Waals surface area (Å²) in [5.41, 5.74) is 1.84. The molecule has 0 bridgehead atoms. The highest BCUT2D eigenvalue weighted by atomic mass is 35.5. The highest BCUT2D eigenvalue weighted by Gasteiger charge is 2.43. The van der Waals surface area contributed by atoms with E-state index in [4.69, 9.17) is 11.6 Å². The zero-order valence-electron chi connectivity index (χ0n) is 15.2. The van der Waals surface area contributed by atoms with Crippen LogP contribution in [0, 0.1) is 5.82 Å². The van der Waals surface area contributed by atoms with Crippen molar-refractivity contribution in [3.63, 3.8) is 0 Å². The number of hydrogen-bond acceptors (Lipinski definition) is 3. The fraction of sp³-hybridized carbons (Fsp3) is 0.227. The lowest BCUT2D eigenvalue weighted by atomic mass is 9.88. The van der Waals surface area contributed by atoms with E-state index in [1.807, 2.05) is 42.5 Å². The molecule has 1 amide bonds. The van der Waals surface area contributed by atoms with Crippen molar-refractivity contribution in [3.8, 4) is 10.4 Å². The smallest absolute Gasteiger partial charge is 0.223 e. The molecule has 28 heavy (non-hydrogen) atoms. The van der Waals surface area contributed by atoms with E-state index in [2.05, 4.69) is 0 Å². The second-order valence-corrected chi connectivity index (χ2v) is 8.51. The minimum absolute atomic E-state index is 0.0278. The van der Waals surface area contributed by atoms with Crippen molar-refractivity contribution in [2.75, 3.05) is 7.05 Å². The molecule has 1 aromatic heterocycles. The van der Waals surface area contributed by atoms with Gasteiger partial charge in [-0.3, -0.25) is 4.79 Å². The summed E-state index contributed by atoms with van der Waals surface area (Å²) in [5.74, 6) is -0.501. The first-order valence-corrected chi connectivity index (χ1v) is 10.2. The largest absolute Gasteiger partial charge is 0.385 e. The molecule has 3 atom stereocenters. The lowest BCUT2D eigenvalue weighted by Gasteiger charge is -2.29. The van der Waals surface area contributed by atoms with Gasteiger partial charge in [0.1, 0.15) is 11.9 Å². The van der Waals surface area contributed by atoms with Crippen LogP contribution in [0.4, 0.5) is 4.39 Å². The maximum absolute atomic E-state index is 13.4. The lowest BCUT2D eigenvalue weighted by Crippen LogP contribution is -2.36. The number of carbonyl (C=O) groups excluding carboxylic acids is 1. The van der Waals surface area contributed by atoms with Crippen molar-refractivity contribution in [1.82, 2.24) is 4.90 Å². The first-order chi connectivity index (χ1) is 13.5. The van der Waals surface area contributed by atoms with Crippen LogP contribution in [0.25, 0.3) is 10.4 Å². The Balaban J connectivity index is 1.64. The number of likely N-dealkylation sites (tertiary alicyclic amines) is 1. The topological polar surface area (TPSA) is 40.5 Å². The van der Waals surface area contributed by atoms with Gasteiger partial charge in [-0.2, -0.15) is 0 Å². The van der Waals surface area contributed by atoms with Gasteiger partial charge in [0.15, 0.2) is 0 Å². The van der Waals surface area contributed by atoms with E-state index in [9.17, 15) is 14.3 Å². The first-order valence-electron chi connectivity index (χ1n) is 8.99. The number of thiophene rings is 1. The molecule has 4 rings (SSSR count). The summed E-state index contributed by atoms with van der Waals surface area (Å²) in [7, 11) is 1.74. The second-order valence-electron chi connectivity index (χ2n) is 6.99. The fourth-order valence-electron chi connectivity index (χ4n) is 3.82. The molecule has 0 unspecified atom stereocenters. The van der Waals surface area contributed by atoms with Crippen LogP contribution < -0.4 is 0 Å². The van der Waals surface area contributed by atoms with E-state index >= 15 is 0 Å². The van der Waals surface area contributed by atoms with Gasteiger partial charge < -0.3 is 10.0 Å². The van der Waals surface area contributed by atoms with Gasteiger partial charge in [0.25, 0.3) is 0 Å². The number of hydrogen-bond donors (Lipinski definition) is 1. The minimum Gasteiger partial charge on any atom is -0.385 e. The average Bonchev–Trinajstić information content (AvgIpc) is 3.30. The molecule has 0 radical (unpaired) electrons. The predicted octanol–water partition coefficient (Wildman–Crippen LogP) is 5.26. The maximum atomic E-state index is 13.4. The van der Waals surface area contributed by atoms with Gasteiger partial charge in [0.05, 0.1) is 11.1 Å². The van der Waals surface area contributed by atoms with Crippen molar-refractivity contribution < 1.29 is 14.3 Å². The van der Waals surface area contributed by atoms with Crippen LogP contribution in [0.5, 0.6) is 0 Å². The molecule has 1 saturated heterocycles. The van der Waals surface area contributed by atoms with Gasteiger partial charge in [-0.05, 0) is 35.4 Å². The highest BCUT2D eigenvalue weighted by molar-refractivity contribution is 7.15. The van der Waals surface area contributed by atoms with Gasteiger partial charge in [-0.1, -0.05) is 48.0 Å². The number of benzene rings is 2. The number of halogens is 2. The van der Waals surface area contributed by atoms with Crippen molar-refractivity contribution in [2.45, 2.75) is 24.5 Å². The van der Waals surface area contributed by atoms with Crippen LogP contribution >= 0.6 is 22.9 Å². The highest BCUT2D eigenvalue weighted by Crippen LogP contribution is 2.42. The Hall–Kier alpha value is -2.21. The molecule has 0 saturated carbocycles. The molecular formula is C22H19ClFNO2S. The zero-order chi connectivity index (χ0) is 19.8. The third-order valence-corrected chi connectivity index (χ3v) is 6.82. The first kappa shape index (κ1) is 19.1. The van der Waals surface area contributed by atoms with E-state index in [-0.39, 0.29) is 22.9 Å². The monoisotopic (exact) mass is 415 g/mol. The van der Waals surface area contributed by atoms with E-state index in [1.165, 1.54) is 17.4 Å². The normalized spacial score (nSPS) is 20.6. The number of nitrogens with zero attached hydrogens (tertiary/aromatic N) is 1. The Morgan fingerprint density at radius 1 is 1.18 bits per heavy atom. The summed E-state index contributed by atoms with van der Waals surface area (Å²) in [6.45, 7) is 0.